The molecule has 0 spiro atoms. The molecule has 0 aromatic heterocycles. The van der Waals surface area contributed by atoms with Gasteiger partial charge in [0.2, 0.25) is 10.0 Å². The van der Waals surface area contributed by atoms with Gasteiger partial charge in [-0.25, -0.2) is 13.1 Å². The van der Waals surface area contributed by atoms with E-state index in [-0.39, 0.29) is 4.90 Å². The normalized spacial score (nSPS) is 19.4. The van der Waals surface area contributed by atoms with E-state index in [0.29, 0.717) is 24.8 Å². The minimum Gasteiger partial charge on any atom is -0.492 e. The summed E-state index contributed by atoms with van der Waals surface area (Å²) in [6.07, 6.45) is 3.37. The highest BCUT2D eigenvalue weighted by molar-refractivity contribution is 7.89. The Balaban J connectivity index is 1.96. The number of hydrogen-bond donors (Lipinski definition) is 2. The maximum absolute atomic E-state index is 12.1. The summed E-state index contributed by atoms with van der Waals surface area (Å²) in [5.74, 6) is 1.05. The Labute approximate surface area is 127 Å². The lowest BCUT2D eigenvalue weighted by Crippen LogP contribution is -2.30. The fraction of sp³-hybridized carbons (Fsp3) is 0.600. The van der Waals surface area contributed by atoms with E-state index < -0.39 is 10.0 Å². The summed E-state index contributed by atoms with van der Waals surface area (Å²) in [4.78, 5) is 0.216. The molecular formula is C15H24N2O3S. The van der Waals surface area contributed by atoms with Crippen molar-refractivity contribution in [2.24, 2.45) is 5.92 Å². The first-order chi connectivity index (χ1) is 10.1. The third kappa shape index (κ3) is 4.69. The lowest BCUT2D eigenvalue weighted by atomic mass is 9.97. The van der Waals surface area contributed by atoms with Gasteiger partial charge in [0.25, 0.3) is 0 Å². The zero-order valence-corrected chi connectivity index (χ0v) is 13.3. The van der Waals surface area contributed by atoms with Gasteiger partial charge in [0.1, 0.15) is 10.6 Å². The topological polar surface area (TPSA) is 67.4 Å². The van der Waals surface area contributed by atoms with Crippen LogP contribution in [0, 0.1) is 5.92 Å². The first kappa shape index (κ1) is 16.3. The second kappa shape index (κ2) is 7.77. The number of hydrogen-bond acceptors (Lipinski definition) is 4. The molecule has 1 unspecified atom stereocenters. The predicted molar refractivity (Wildman–Crippen MR) is 83.0 cm³/mol. The number of piperidine rings is 1. The molecule has 1 aliphatic rings. The lowest BCUT2D eigenvalue weighted by molar-refractivity contribution is 0.249. The molecule has 1 aliphatic heterocycles. The van der Waals surface area contributed by atoms with Crippen LogP contribution in [0.3, 0.4) is 0 Å². The van der Waals surface area contributed by atoms with Crippen molar-refractivity contribution in [1.29, 1.82) is 0 Å². The Morgan fingerprint density at radius 2 is 2.19 bits per heavy atom. The Kier molecular flexibility index (Phi) is 6.02. The minimum absolute atomic E-state index is 0.216. The molecule has 2 rings (SSSR count). The molecule has 0 amide bonds. The van der Waals surface area contributed by atoms with E-state index >= 15 is 0 Å². The quantitative estimate of drug-likeness (QED) is 0.805. The fourth-order valence-electron chi connectivity index (χ4n) is 2.57. The van der Waals surface area contributed by atoms with Gasteiger partial charge in [-0.1, -0.05) is 19.1 Å². The molecule has 2 N–H and O–H groups in total. The zero-order valence-electron chi connectivity index (χ0n) is 12.5. The van der Waals surface area contributed by atoms with E-state index in [1.165, 1.54) is 12.8 Å². The SMILES string of the molecule is CCNS(=O)(=O)c1ccccc1OCCC1CCCNC1. The molecule has 0 aliphatic carbocycles. The lowest BCUT2D eigenvalue weighted by Gasteiger charge is -2.22. The summed E-state index contributed by atoms with van der Waals surface area (Å²) in [5, 5.41) is 3.37. The van der Waals surface area contributed by atoms with Gasteiger partial charge in [-0.05, 0) is 50.4 Å². The zero-order chi connectivity index (χ0) is 15.1. The van der Waals surface area contributed by atoms with Crippen molar-refractivity contribution < 1.29 is 13.2 Å². The van der Waals surface area contributed by atoms with Crippen LogP contribution in [0.1, 0.15) is 26.2 Å². The molecular weight excluding hydrogens is 288 g/mol. The van der Waals surface area contributed by atoms with Gasteiger partial charge in [-0.3, -0.25) is 0 Å². The van der Waals surface area contributed by atoms with E-state index in [0.717, 1.165) is 19.5 Å². The highest BCUT2D eigenvalue weighted by Crippen LogP contribution is 2.24. The predicted octanol–water partition coefficient (Wildman–Crippen LogP) is 1.75. The average Bonchev–Trinajstić information content (AvgIpc) is 2.49. The molecule has 21 heavy (non-hydrogen) atoms. The maximum atomic E-state index is 12.1. The third-order valence-electron chi connectivity index (χ3n) is 3.66. The van der Waals surface area contributed by atoms with E-state index in [1.54, 1.807) is 31.2 Å². The molecule has 1 atom stereocenters. The van der Waals surface area contributed by atoms with E-state index in [4.69, 9.17) is 4.74 Å². The van der Waals surface area contributed by atoms with E-state index in [9.17, 15) is 8.42 Å². The second-order valence-electron chi connectivity index (χ2n) is 5.30. The Bertz CT molecular complexity index is 540. The Morgan fingerprint density at radius 3 is 2.90 bits per heavy atom. The third-order valence-corrected chi connectivity index (χ3v) is 5.24. The van der Waals surface area contributed by atoms with Crippen molar-refractivity contribution >= 4 is 10.0 Å². The first-order valence-electron chi connectivity index (χ1n) is 7.55. The highest BCUT2D eigenvalue weighted by Gasteiger charge is 2.19. The summed E-state index contributed by atoms with van der Waals surface area (Å²) in [6.45, 7) is 4.80. The van der Waals surface area contributed by atoms with Crippen LogP contribution < -0.4 is 14.8 Å². The highest BCUT2D eigenvalue weighted by atomic mass is 32.2. The van der Waals surface area contributed by atoms with Crippen LogP contribution in [0.2, 0.25) is 0 Å². The van der Waals surface area contributed by atoms with E-state index in [1.807, 2.05) is 0 Å². The van der Waals surface area contributed by atoms with Gasteiger partial charge in [0, 0.05) is 6.54 Å². The molecule has 0 bridgehead atoms. The number of para-hydroxylation sites is 1. The first-order valence-corrected chi connectivity index (χ1v) is 9.04. The van der Waals surface area contributed by atoms with Crippen LogP contribution in [0.25, 0.3) is 0 Å². The number of benzene rings is 1. The largest absolute Gasteiger partial charge is 0.492 e. The molecule has 0 saturated carbocycles. The van der Waals surface area contributed by atoms with Gasteiger partial charge < -0.3 is 10.1 Å². The fourth-order valence-corrected chi connectivity index (χ4v) is 3.75. The number of nitrogens with one attached hydrogen (secondary N) is 2. The summed E-state index contributed by atoms with van der Waals surface area (Å²) >= 11 is 0. The smallest absolute Gasteiger partial charge is 0.244 e. The van der Waals surface area contributed by atoms with Crippen LogP contribution in [0.4, 0.5) is 0 Å². The Morgan fingerprint density at radius 1 is 1.38 bits per heavy atom. The second-order valence-corrected chi connectivity index (χ2v) is 7.03. The van der Waals surface area contributed by atoms with Crippen LogP contribution >= 0.6 is 0 Å². The van der Waals surface area contributed by atoms with Crippen molar-refractivity contribution in [3.63, 3.8) is 0 Å². The molecule has 1 aromatic carbocycles. The molecule has 1 fully saturated rings. The number of rotatable bonds is 7. The van der Waals surface area contributed by atoms with Crippen molar-refractivity contribution in [3.8, 4) is 5.75 Å². The minimum atomic E-state index is -3.48. The van der Waals surface area contributed by atoms with Crippen LogP contribution in [0.15, 0.2) is 29.2 Å². The van der Waals surface area contributed by atoms with Crippen molar-refractivity contribution in [2.45, 2.75) is 31.1 Å². The van der Waals surface area contributed by atoms with Gasteiger partial charge in [-0.15, -0.1) is 0 Å². The van der Waals surface area contributed by atoms with Gasteiger partial charge in [0.15, 0.2) is 0 Å². The number of ether oxygens (including phenoxy) is 1. The van der Waals surface area contributed by atoms with E-state index in [2.05, 4.69) is 10.0 Å². The molecule has 118 valence electrons. The summed E-state index contributed by atoms with van der Waals surface area (Å²) < 4.78 is 32.5. The summed E-state index contributed by atoms with van der Waals surface area (Å²) in [7, 11) is -3.48. The van der Waals surface area contributed by atoms with Crippen molar-refractivity contribution in [2.75, 3.05) is 26.2 Å². The molecule has 1 saturated heterocycles. The van der Waals surface area contributed by atoms with Gasteiger partial charge >= 0.3 is 0 Å². The van der Waals surface area contributed by atoms with Gasteiger partial charge in [0.05, 0.1) is 6.61 Å². The summed E-state index contributed by atoms with van der Waals surface area (Å²) in [5.41, 5.74) is 0. The molecule has 6 heteroatoms. The average molecular weight is 312 g/mol. The molecule has 1 heterocycles. The standard InChI is InChI=1S/C15H24N2O3S/c1-2-17-21(18,19)15-8-4-3-7-14(15)20-11-9-13-6-5-10-16-12-13/h3-4,7-8,13,16-17H,2,5-6,9-12H2,1H3. The van der Waals surface area contributed by atoms with Crippen LogP contribution in [-0.4, -0.2) is 34.7 Å². The van der Waals surface area contributed by atoms with Crippen LogP contribution in [0.5, 0.6) is 5.75 Å². The van der Waals surface area contributed by atoms with Crippen molar-refractivity contribution in [3.05, 3.63) is 24.3 Å². The van der Waals surface area contributed by atoms with Crippen LogP contribution in [-0.2, 0) is 10.0 Å². The molecule has 0 radical (unpaired) electrons. The molecule has 1 aromatic rings. The molecule has 5 nitrogen and oxygen atoms in total. The number of sulfonamides is 1. The van der Waals surface area contributed by atoms with Gasteiger partial charge in [-0.2, -0.15) is 0 Å². The monoisotopic (exact) mass is 312 g/mol. The van der Waals surface area contributed by atoms with Crippen molar-refractivity contribution in [1.82, 2.24) is 10.0 Å². The Hall–Kier alpha value is -1.11. The summed E-state index contributed by atoms with van der Waals surface area (Å²) in [6, 6.07) is 6.80. The maximum Gasteiger partial charge on any atom is 0.244 e.